The van der Waals surface area contributed by atoms with Gasteiger partial charge in [-0.1, -0.05) is 16.7 Å². The number of allylic oxidation sites excluding steroid dienone is 1. The van der Waals surface area contributed by atoms with E-state index in [1.54, 1.807) is 6.20 Å². The van der Waals surface area contributed by atoms with Crippen molar-refractivity contribution in [3.05, 3.63) is 53.5 Å². The molecular weight excluding hydrogens is 312 g/mol. The third-order valence-corrected chi connectivity index (χ3v) is 5.32. The van der Waals surface area contributed by atoms with Crippen molar-refractivity contribution in [2.75, 3.05) is 6.54 Å². The van der Waals surface area contributed by atoms with Gasteiger partial charge in [0.1, 0.15) is 18.8 Å². The third-order valence-electron chi connectivity index (χ3n) is 5.32. The van der Waals surface area contributed by atoms with Gasteiger partial charge in [-0.05, 0) is 52.7 Å². The number of quaternary nitrogens is 1. The molecule has 0 saturated heterocycles. The van der Waals surface area contributed by atoms with Crippen LogP contribution in [0.25, 0.3) is 0 Å². The van der Waals surface area contributed by atoms with E-state index in [2.05, 4.69) is 44.2 Å². The Balaban J connectivity index is 1.92. The lowest BCUT2D eigenvalue weighted by molar-refractivity contribution is -0.900. The molecule has 132 valence electrons. The van der Waals surface area contributed by atoms with Gasteiger partial charge < -0.3 is 5.32 Å². The summed E-state index contributed by atoms with van der Waals surface area (Å²) in [6.07, 6.45) is 8.50. The Morgan fingerprint density at radius 2 is 2.12 bits per heavy atom. The van der Waals surface area contributed by atoms with E-state index in [0.717, 1.165) is 28.8 Å². The summed E-state index contributed by atoms with van der Waals surface area (Å²) in [5.74, 6) is 0.00130. The van der Waals surface area contributed by atoms with Gasteiger partial charge in [-0.25, -0.2) is 0 Å². The Kier molecular flexibility index (Phi) is 4.37. The summed E-state index contributed by atoms with van der Waals surface area (Å²) in [6.45, 7) is 11.0. The van der Waals surface area contributed by atoms with Crippen molar-refractivity contribution in [1.29, 1.82) is 0 Å². The van der Waals surface area contributed by atoms with Gasteiger partial charge in [0.25, 0.3) is 5.91 Å². The number of nitrogens with zero attached hydrogens (tertiary/aromatic N) is 3. The molecule has 5 nitrogen and oxygen atoms in total. The largest absolute Gasteiger partial charge is 0.343 e. The molecule has 1 aromatic rings. The summed E-state index contributed by atoms with van der Waals surface area (Å²) < 4.78 is 0.454. The summed E-state index contributed by atoms with van der Waals surface area (Å²) in [5, 5.41) is 8.01. The van der Waals surface area contributed by atoms with Crippen LogP contribution in [0.2, 0.25) is 0 Å². The maximum Gasteiger partial charge on any atom is 0.253 e. The molecule has 2 aliphatic rings. The quantitative estimate of drug-likeness (QED) is 0.856. The monoisotopic (exact) mass is 339 g/mol. The van der Waals surface area contributed by atoms with Gasteiger partial charge in [0.05, 0.1) is 16.8 Å². The van der Waals surface area contributed by atoms with E-state index in [1.165, 1.54) is 0 Å². The molecule has 0 saturated carbocycles. The smallest absolute Gasteiger partial charge is 0.253 e. The number of hydrogen-bond donors (Lipinski definition) is 1. The molecule has 2 aliphatic heterocycles. The Morgan fingerprint density at radius 3 is 2.64 bits per heavy atom. The van der Waals surface area contributed by atoms with Crippen LogP contribution in [0.5, 0.6) is 0 Å². The van der Waals surface area contributed by atoms with Crippen molar-refractivity contribution >= 4 is 11.6 Å². The van der Waals surface area contributed by atoms with Gasteiger partial charge in [0.15, 0.2) is 0 Å². The highest BCUT2D eigenvalue weighted by Crippen LogP contribution is 2.35. The lowest BCUT2D eigenvalue weighted by atomic mass is 9.81. The van der Waals surface area contributed by atoms with Crippen LogP contribution in [-0.2, 0) is 10.3 Å². The fourth-order valence-electron chi connectivity index (χ4n) is 3.68. The average molecular weight is 339 g/mol. The lowest BCUT2D eigenvalue weighted by Gasteiger charge is -2.38. The minimum absolute atomic E-state index is 0.00130. The average Bonchev–Trinajstić information content (AvgIpc) is 2.94. The first kappa shape index (κ1) is 17.5. The second kappa shape index (κ2) is 6.23. The molecule has 0 aromatic carbocycles. The zero-order valence-electron chi connectivity index (χ0n) is 15.7. The van der Waals surface area contributed by atoms with E-state index >= 15 is 0 Å². The highest BCUT2D eigenvalue weighted by molar-refractivity contribution is 5.96. The van der Waals surface area contributed by atoms with Crippen molar-refractivity contribution < 1.29 is 9.39 Å². The van der Waals surface area contributed by atoms with Gasteiger partial charge in [-0.2, -0.15) is 4.59 Å². The minimum Gasteiger partial charge on any atom is -0.343 e. The fourth-order valence-corrected chi connectivity index (χ4v) is 3.68. The molecule has 2 atom stereocenters. The van der Waals surface area contributed by atoms with E-state index in [1.807, 2.05) is 31.3 Å². The molecule has 0 radical (unpaired) electrons. The van der Waals surface area contributed by atoms with Crippen LogP contribution < -0.4 is 5.32 Å². The van der Waals surface area contributed by atoms with E-state index in [4.69, 9.17) is 5.10 Å². The summed E-state index contributed by atoms with van der Waals surface area (Å²) in [4.78, 5) is 17.2. The first-order chi connectivity index (χ1) is 11.8. The molecular formula is C20H27N4O+. The molecule has 25 heavy (non-hydrogen) atoms. The Bertz CT molecular complexity index is 778. The summed E-state index contributed by atoms with van der Waals surface area (Å²) in [6, 6.07) is 4.20. The maximum atomic E-state index is 13.0. The molecule has 2 unspecified atom stereocenters. The maximum absolute atomic E-state index is 13.0. The lowest BCUT2D eigenvalue weighted by Crippen LogP contribution is -2.52. The fraction of sp³-hybridized carbons (Fsp3) is 0.450. The molecule has 1 aromatic heterocycles. The first-order valence-corrected chi connectivity index (χ1v) is 8.81. The van der Waals surface area contributed by atoms with E-state index in [-0.39, 0.29) is 11.9 Å². The van der Waals surface area contributed by atoms with Gasteiger partial charge in [-0.3, -0.25) is 9.78 Å². The van der Waals surface area contributed by atoms with Gasteiger partial charge in [0, 0.05) is 18.5 Å². The highest BCUT2D eigenvalue weighted by Gasteiger charge is 2.41. The van der Waals surface area contributed by atoms with E-state index < -0.39 is 5.54 Å². The molecule has 0 fully saturated rings. The first-order valence-electron chi connectivity index (χ1n) is 8.81. The van der Waals surface area contributed by atoms with Gasteiger partial charge in [-0.15, -0.1) is 0 Å². The zero-order valence-corrected chi connectivity index (χ0v) is 15.7. The SMILES string of the molecule is CC1=N[N+](CC2=C(C)CC(C)(c3cccnc3)NC2=O)(C(C)C)C=C1. The second-order valence-electron chi connectivity index (χ2n) is 7.66. The molecule has 0 aliphatic carbocycles. The zero-order chi connectivity index (χ0) is 18.2. The van der Waals surface area contributed by atoms with Gasteiger partial charge >= 0.3 is 0 Å². The van der Waals surface area contributed by atoms with Crippen LogP contribution in [0.1, 0.15) is 46.6 Å². The van der Waals surface area contributed by atoms with Crippen molar-refractivity contribution in [1.82, 2.24) is 10.3 Å². The molecule has 1 N–H and O–H groups in total. The van der Waals surface area contributed by atoms with Crippen molar-refractivity contribution in [2.24, 2.45) is 5.10 Å². The van der Waals surface area contributed by atoms with Crippen LogP contribution >= 0.6 is 0 Å². The Morgan fingerprint density at radius 1 is 1.36 bits per heavy atom. The standard InChI is InChI=1S/C20H26N4O/c1-14(2)24(10-8-16(4)23-24)13-18-15(3)11-20(5,22-19(18)25)17-7-6-9-21-12-17/h6-10,12,14H,11,13H2,1-5H3/p+1. The topological polar surface area (TPSA) is 54.4 Å². The molecule has 0 spiro atoms. The van der Waals surface area contributed by atoms with Crippen LogP contribution in [-0.4, -0.2) is 33.8 Å². The van der Waals surface area contributed by atoms with Crippen LogP contribution in [0.3, 0.4) is 0 Å². The summed E-state index contributed by atoms with van der Waals surface area (Å²) in [5.41, 5.74) is 3.59. The number of nitrogens with one attached hydrogen (secondary N) is 1. The van der Waals surface area contributed by atoms with Crippen molar-refractivity contribution in [3.8, 4) is 0 Å². The number of amides is 1. The number of hydrogen-bond acceptors (Lipinski definition) is 3. The number of carbonyl (C=O) groups is 1. The molecule has 1 amide bonds. The highest BCUT2D eigenvalue weighted by atomic mass is 16.2. The number of aromatic nitrogens is 1. The Labute approximate surface area is 149 Å². The second-order valence-corrected chi connectivity index (χ2v) is 7.66. The molecule has 0 bridgehead atoms. The van der Waals surface area contributed by atoms with E-state index in [0.29, 0.717) is 11.1 Å². The number of rotatable bonds is 4. The minimum atomic E-state index is -0.415. The predicted octanol–water partition coefficient (Wildman–Crippen LogP) is 3.26. The summed E-state index contributed by atoms with van der Waals surface area (Å²) in [7, 11) is 0. The van der Waals surface area contributed by atoms with Crippen LogP contribution in [0.15, 0.2) is 53.1 Å². The normalized spacial score (nSPS) is 29.2. The number of pyridine rings is 1. The third kappa shape index (κ3) is 3.16. The van der Waals surface area contributed by atoms with Crippen LogP contribution in [0, 0.1) is 0 Å². The van der Waals surface area contributed by atoms with Crippen LogP contribution in [0.4, 0.5) is 0 Å². The summed E-state index contributed by atoms with van der Waals surface area (Å²) >= 11 is 0. The van der Waals surface area contributed by atoms with Crippen molar-refractivity contribution in [3.63, 3.8) is 0 Å². The predicted molar refractivity (Wildman–Crippen MR) is 99.6 cm³/mol. The number of carbonyl (C=O) groups excluding carboxylic acids is 1. The molecule has 3 rings (SSSR count). The van der Waals surface area contributed by atoms with E-state index in [9.17, 15) is 4.79 Å². The Hall–Kier alpha value is -2.27. The van der Waals surface area contributed by atoms with Crippen molar-refractivity contribution in [2.45, 2.75) is 52.6 Å². The molecule has 5 heteroatoms. The molecule has 3 heterocycles. The van der Waals surface area contributed by atoms with Gasteiger partial charge in [0.2, 0.25) is 0 Å².